The summed E-state index contributed by atoms with van der Waals surface area (Å²) < 4.78 is 25.5. The largest absolute Gasteiger partial charge is 0.475 e. The van der Waals surface area contributed by atoms with Crippen molar-refractivity contribution in [3.8, 4) is 0 Å². The number of hydrogen-bond donors (Lipinski definition) is 1. The van der Waals surface area contributed by atoms with Crippen molar-refractivity contribution in [1.29, 1.82) is 0 Å². The van der Waals surface area contributed by atoms with Gasteiger partial charge in [-0.2, -0.15) is 0 Å². The van der Waals surface area contributed by atoms with Crippen LogP contribution in [0.25, 0.3) is 0 Å². The smallest absolute Gasteiger partial charge is 0.377 e. The van der Waals surface area contributed by atoms with Gasteiger partial charge in [-0.1, -0.05) is 0 Å². The number of Topliss-reactive ketones (excluding diaryl/α,β-unsaturated/α-hetero) is 1. The van der Waals surface area contributed by atoms with Crippen LogP contribution in [-0.2, 0) is 4.79 Å². The predicted molar refractivity (Wildman–Crippen MR) is 46.0 cm³/mol. The summed E-state index contributed by atoms with van der Waals surface area (Å²) in [6.07, 6.45) is 0. The zero-order valence-corrected chi connectivity index (χ0v) is 8.14. The monoisotopic (exact) mass is 264 g/mol. The Kier molecular flexibility index (Phi) is 2.95. The van der Waals surface area contributed by atoms with Crippen LogP contribution in [0.1, 0.15) is 10.4 Å². The molecule has 74 valence electrons. The highest BCUT2D eigenvalue weighted by Gasteiger charge is 2.24. The molecule has 0 spiro atoms. The van der Waals surface area contributed by atoms with Gasteiger partial charge in [-0.25, -0.2) is 13.6 Å². The first kappa shape index (κ1) is 10.8. The molecule has 0 bridgehead atoms. The molecule has 1 rings (SSSR count). The zero-order valence-electron chi connectivity index (χ0n) is 6.55. The van der Waals surface area contributed by atoms with Crippen LogP contribution in [0, 0.1) is 11.6 Å². The average Bonchev–Trinajstić information content (AvgIpc) is 2.12. The van der Waals surface area contributed by atoms with Crippen molar-refractivity contribution >= 4 is 27.7 Å². The van der Waals surface area contributed by atoms with Gasteiger partial charge in [-0.05, 0) is 28.1 Å². The van der Waals surface area contributed by atoms with E-state index < -0.39 is 29.0 Å². The molecule has 0 radical (unpaired) electrons. The summed E-state index contributed by atoms with van der Waals surface area (Å²) in [5, 5.41) is 8.32. The number of ketones is 1. The maximum Gasteiger partial charge on any atom is 0.377 e. The van der Waals surface area contributed by atoms with Gasteiger partial charge < -0.3 is 5.11 Å². The predicted octanol–water partition coefficient (Wildman–Crippen LogP) is 1.99. The maximum atomic E-state index is 13.0. The number of carboxylic acids is 1. The van der Waals surface area contributed by atoms with Gasteiger partial charge in [0.05, 0.1) is 5.56 Å². The van der Waals surface area contributed by atoms with E-state index >= 15 is 0 Å². The molecule has 0 aliphatic rings. The number of carboxylic acid groups (broad SMARTS) is 1. The van der Waals surface area contributed by atoms with Crippen LogP contribution >= 0.6 is 15.9 Å². The molecule has 3 nitrogen and oxygen atoms in total. The van der Waals surface area contributed by atoms with E-state index in [1.165, 1.54) is 0 Å². The summed E-state index contributed by atoms with van der Waals surface area (Å²) in [6.45, 7) is 0. The molecular formula is C8H3BrF2O3. The average molecular weight is 265 g/mol. The quantitative estimate of drug-likeness (QED) is 0.505. The molecule has 1 aromatic rings. The van der Waals surface area contributed by atoms with Crippen LogP contribution in [0.4, 0.5) is 8.78 Å². The molecule has 0 saturated heterocycles. The van der Waals surface area contributed by atoms with Crippen LogP contribution in [0.2, 0.25) is 0 Å². The number of aliphatic carboxylic acids is 1. The molecule has 0 heterocycles. The Bertz CT molecular complexity index is 417. The van der Waals surface area contributed by atoms with E-state index in [1.807, 2.05) is 0 Å². The summed E-state index contributed by atoms with van der Waals surface area (Å²) >= 11 is 2.76. The van der Waals surface area contributed by atoms with Crippen molar-refractivity contribution in [1.82, 2.24) is 0 Å². The third-order valence-corrected chi connectivity index (χ3v) is 2.13. The van der Waals surface area contributed by atoms with Gasteiger partial charge in [0.15, 0.2) is 11.6 Å². The van der Waals surface area contributed by atoms with E-state index in [0.29, 0.717) is 0 Å². The summed E-state index contributed by atoms with van der Waals surface area (Å²) in [5.74, 6) is -6.06. The summed E-state index contributed by atoms with van der Waals surface area (Å²) in [6, 6.07) is 1.85. The molecule has 0 atom stereocenters. The molecule has 0 saturated carbocycles. The summed E-state index contributed by atoms with van der Waals surface area (Å²) in [5.41, 5.74) is -0.808. The fourth-order valence-corrected chi connectivity index (χ4v) is 1.33. The molecule has 1 aromatic carbocycles. The lowest BCUT2D eigenvalue weighted by atomic mass is 10.1. The fourth-order valence-electron chi connectivity index (χ4n) is 0.842. The van der Waals surface area contributed by atoms with E-state index in [0.717, 1.165) is 12.1 Å². The van der Waals surface area contributed by atoms with Crippen LogP contribution in [0.5, 0.6) is 0 Å². The first-order chi connectivity index (χ1) is 6.45. The van der Waals surface area contributed by atoms with Crippen molar-refractivity contribution in [3.05, 3.63) is 33.8 Å². The van der Waals surface area contributed by atoms with Crippen LogP contribution in [0.3, 0.4) is 0 Å². The van der Waals surface area contributed by atoms with E-state index in [1.54, 1.807) is 0 Å². The highest BCUT2D eigenvalue weighted by Crippen LogP contribution is 2.22. The van der Waals surface area contributed by atoms with Gasteiger partial charge in [0.2, 0.25) is 0 Å². The van der Waals surface area contributed by atoms with Crippen LogP contribution in [0.15, 0.2) is 16.6 Å². The highest BCUT2D eigenvalue weighted by molar-refractivity contribution is 9.10. The third kappa shape index (κ3) is 1.79. The lowest BCUT2D eigenvalue weighted by Crippen LogP contribution is -2.16. The Morgan fingerprint density at radius 3 is 2.36 bits per heavy atom. The lowest BCUT2D eigenvalue weighted by molar-refractivity contribution is -0.131. The topological polar surface area (TPSA) is 54.4 Å². The van der Waals surface area contributed by atoms with Gasteiger partial charge in [-0.15, -0.1) is 0 Å². The van der Waals surface area contributed by atoms with Crippen LogP contribution < -0.4 is 0 Å². The van der Waals surface area contributed by atoms with Crippen molar-refractivity contribution in [2.75, 3.05) is 0 Å². The highest BCUT2D eigenvalue weighted by atomic mass is 79.9. The Morgan fingerprint density at radius 2 is 1.86 bits per heavy atom. The Labute approximate surface area is 85.5 Å². The molecule has 0 aliphatic heterocycles. The van der Waals surface area contributed by atoms with Gasteiger partial charge in [-0.3, -0.25) is 4.79 Å². The summed E-state index contributed by atoms with van der Waals surface area (Å²) in [7, 11) is 0. The number of hydrogen-bond acceptors (Lipinski definition) is 2. The molecule has 0 fully saturated rings. The molecule has 1 N–H and O–H groups in total. The van der Waals surface area contributed by atoms with E-state index in [9.17, 15) is 18.4 Å². The molecule has 0 unspecified atom stereocenters. The number of benzene rings is 1. The Morgan fingerprint density at radius 1 is 1.29 bits per heavy atom. The Hall–Kier alpha value is -1.30. The molecule has 0 amide bonds. The lowest BCUT2D eigenvalue weighted by Gasteiger charge is -2.02. The second kappa shape index (κ2) is 3.83. The molecule has 0 aliphatic carbocycles. The third-order valence-electron chi connectivity index (χ3n) is 1.47. The normalized spacial score (nSPS) is 9.93. The van der Waals surface area contributed by atoms with Gasteiger partial charge in [0.1, 0.15) is 0 Å². The fraction of sp³-hybridized carbons (Fsp3) is 0. The minimum Gasteiger partial charge on any atom is -0.475 e. The number of halogens is 3. The zero-order chi connectivity index (χ0) is 10.9. The Balaban J connectivity index is 3.40. The van der Waals surface area contributed by atoms with Crippen molar-refractivity contribution in [3.63, 3.8) is 0 Å². The first-order valence-corrected chi connectivity index (χ1v) is 4.15. The van der Waals surface area contributed by atoms with E-state index in [2.05, 4.69) is 15.9 Å². The standard InChI is InChI=1S/C8H3BrF2O3/c9-3-1-2-4(10)6(11)5(3)7(12)8(13)14/h1-2H,(H,13,14). The molecule has 14 heavy (non-hydrogen) atoms. The summed E-state index contributed by atoms with van der Waals surface area (Å²) in [4.78, 5) is 21.2. The molecular weight excluding hydrogens is 262 g/mol. The SMILES string of the molecule is O=C(O)C(=O)c1c(Br)ccc(F)c1F. The minimum absolute atomic E-state index is 0.0937. The van der Waals surface area contributed by atoms with Gasteiger partial charge in [0.25, 0.3) is 5.78 Å². The van der Waals surface area contributed by atoms with Crippen molar-refractivity contribution < 1.29 is 23.5 Å². The first-order valence-electron chi connectivity index (χ1n) is 3.36. The number of carbonyl (C=O) groups excluding carboxylic acids is 1. The van der Waals surface area contributed by atoms with E-state index in [-0.39, 0.29) is 4.47 Å². The van der Waals surface area contributed by atoms with Gasteiger partial charge >= 0.3 is 5.97 Å². The second-order valence-electron chi connectivity index (χ2n) is 2.35. The second-order valence-corrected chi connectivity index (χ2v) is 3.21. The molecule has 0 aromatic heterocycles. The maximum absolute atomic E-state index is 13.0. The van der Waals surface area contributed by atoms with Crippen LogP contribution in [-0.4, -0.2) is 16.9 Å². The van der Waals surface area contributed by atoms with E-state index in [4.69, 9.17) is 5.11 Å². The van der Waals surface area contributed by atoms with Gasteiger partial charge in [0, 0.05) is 4.47 Å². The van der Waals surface area contributed by atoms with Crippen molar-refractivity contribution in [2.45, 2.75) is 0 Å². The number of carbonyl (C=O) groups is 2. The minimum atomic E-state index is -1.84. The molecule has 6 heteroatoms. The van der Waals surface area contributed by atoms with Crippen molar-refractivity contribution in [2.24, 2.45) is 0 Å². The number of rotatable bonds is 2.